The first-order valence-corrected chi connectivity index (χ1v) is 9.36. The summed E-state index contributed by atoms with van der Waals surface area (Å²) in [4.78, 5) is 0. The number of fused-ring (bicyclic) bond motifs is 1. The first-order valence-electron chi connectivity index (χ1n) is 9.47. The van der Waals surface area contributed by atoms with Gasteiger partial charge in [-0.05, 0) is 53.8 Å². The average Bonchev–Trinajstić information content (AvgIpc) is 2.64. The Hall–Kier alpha value is -1.21. The lowest BCUT2D eigenvalue weighted by molar-refractivity contribution is 0.201. The van der Waals surface area contributed by atoms with Crippen LogP contribution in [0.1, 0.15) is 50.7 Å². The summed E-state index contributed by atoms with van der Waals surface area (Å²) < 4.78 is 17.7. The van der Waals surface area contributed by atoms with Gasteiger partial charge in [-0.15, -0.1) is 0 Å². The molecule has 114 valence electrons. The van der Waals surface area contributed by atoms with Crippen LogP contribution in [-0.4, -0.2) is 5.75 Å². The van der Waals surface area contributed by atoms with Gasteiger partial charge >= 0.3 is 0 Å². The average molecular weight is 311 g/mol. The summed E-state index contributed by atoms with van der Waals surface area (Å²) in [5.74, 6) is 2.23. The molecule has 2 aromatic carbocycles. The van der Waals surface area contributed by atoms with Crippen molar-refractivity contribution in [2.75, 3.05) is 5.75 Å². The fourth-order valence-corrected chi connectivity index (χ4v) is 5.46. The van der Waals surface area contributed by atoms with Gasteiger partial charge in [0.2, 0.25) is 0 Å². The minimum absolute atomic E-state index is 0.0685. The van der Waals surface area contributed by atoms with Crippen LogP contribution in [0.15, 0.2) is 60.7 Å². The molecule has 0 nitrogen and oxygen atoms in total. The van der Waals surface area contributed by atoms with Crippen molar-refractivity contribution in [3.8, 4) is 0 Å². The predicted octanol–water partition coefficient (Wildman–Crippen LogP) is 6.06. The van der Waals surface area contributed by atoms with Crippen LogP contribution in [0.25, 0.3) is 0 Å². The maximum absolute atomic E-state index is 9.06. The van der Waals surface area contributed by atoms with Crippen molar-refractivity contribution in [3.63, 3.8) is 0 Å². The molecule has 0 radical (unpaired) electrons. The highest BCUT2D eigenvalue weighted by Crippen LogP contribution is 2.53. The van der Waals surface area contributed by atoms with Crippen molar-refractivity contribution < 1.29 is 2.74 Å². The fourth-order valence-electron chi connectivity index (χ4n) is 3.97. The molecule has 2 aliphatic rings. The Morgan fingerprint density at radius 1 is 0.909 bits per heavy atom. The van der Waals surface area contributed by atoms with Gasteiger partial charge in [-0.1, -0.05) is 67.1 Å². The molecular weight excluding hydrogens is 284 g/mol. The van der Waals surface area contributed by atoms with E-state index < -0.39 is 0 Å². The lowest BCUT2D eigenvalue weighted by atomic mass is 9.67. The van der Waals surface area contributed by atoms with E-state index >= 15 is 0 Å². The molecule has 6 unspecified atom stereocenters. The second-order valence-corrected chi connectivity index (χ2v) is 7.62. The maximum atomic E-state index is 9.06. The molecular formula is C21H24S. The van der Waals surface area contributed by atoms with Gasteiger partial charge in [0, 0.05) is 7.99 Å². The number of benzene rings is 2. The van der Waals surface area contributed by atoms with E-state index in [9.17, 15) is 0 Å². The number of rotatable bonds is 2. The summed E-state index contributed by atoms with van der Waals surface area (Å²) in [7, 11) is 0. The molecule has 1 heterocycles. The molecule has 0 bridgehead atoms. The number of hydrogen-bond donors (Lipinski definition) is 0. The highest BCUT2D eigenvalue weighted by atomic mass is 32.2. The summed E-state index contributed by atoms with van der Waals surface area (Å²) in [6.45, 7) is 0. The molecule has 6 atom stereocenters. The molecule has 1 saturated carbocycles. The minimum atomic E-state index is -0.130. The Morgan fingerprint density at radius 3 is 2.32 bits per heavy atom. The molecule has 2 aromatic rings. The molecule has 1 heteroatoms. The molecule has 1 saturated heterocycles. The van der Waals surface area contributed by atoms with Gasteiger partial charge in [0.25, 0.3) is 0 Å². The molecule has 1 aliphatic heterocycles. The van der Waals surface area contributed by atoms with Crippen molar-refractivity contribution in [1.82, 2.24) is 0 Å². The topological polar surface area (TPSA) is 0 Å². The third-order valence-corrected chi connectivity index (χ3v) is 6.53. The highest BCUT2D eigenvalue weighted by molar-refractivity contribution is 7.99. The van der Waals surface area contributed by atoms with E-state index in [4.69, 9.17) is 2.74 Å². The third kappa shape index (κ3) is 2.84. The zero-order valence-electron chi connectivity index (χ0n) is 14.8. The Morgan fingerprint density at radius 2 is 1.59 bits per heavy atom. The zero-order chi connectivity index (χ0) is 16.5. The van der Waals surface area contributed by atoms with Crippen LogP contribution in [0.2, 0.25) is 0 Å². The molecule has 1 aliphatic carbocycles. The predicted molar refractivity (Wildman–Crippen MR) is 96.3 cm³/mol. The monoisotopic (exact) mass is 310 g/mol. The quantitative estimate of drug-likeness (QED) is 0.649. The van der Waals surface area contributed by atoms with Crippen LogP contribution >= 0.6 is 11.8 Å². The molecule has 0 N–H and O–H groups in total. The van der Waals surface area contributed by atoms with Crippen molar-refractivity contribution in [3.05, 3.63) is 71.8 Å². The Labute approximate surface area is 141 Å². The molecule has 4 rings (SSSR count). The fraction of sp³-hybridized carbons (Fsp3) is 0.429. The molecule has 2 fully saturated rings. The molecule has 0 aromatic heterocycles. The largest absolute Gasteiger partial charge is 0.153 e. The smallest absolute Gasteiger partial charge is 0.0300 e. The Bertz CT molecular complexity index is 660. The zero-order valence-corrected chi connectivity index (χ0v) is 13.6. The van der Waals surface area contributed by atoms with Gasteiger partial charge in [-0.25, -0.2) is 0 Å². The maximum Gasteiger partial charge on any atom is 0.0300 e. The van der Waals surface area contributed by atoms with Gasteiger partial charge in [0.15, 0.2) is 0 Å². The first-order chi connectivity index (χ1) is 11.8. The standard InChI is InChI=1S/C21H24S/c1-3-8-16(9-4-1)19-13-7-12-18-15-22-21(14-20(18)19)17-10-5-2-6-11-17/h1-6,8-11,18-21H,7,12-15H2/i13D,14D. The van der Waals surface area contributed by atoms with Gasteiger partial charge in [0.05, 0.1) is 0 Å². The van der Waals surface area contributed by atoms with E-state index in [2.05, 4.69) is 48.5 Å². The van der Waals surface area contributed by atoms with Gasteiger partial charge in [0.1, 0.15) is 0 Å². The van der Waals surface area contributed by atoms with E-state index in [1.165, 1.54) is 11.1 Å². The molecule has 22 heavy (non-hydrogen) atoms. The van der Waals surface area contributed by atoms with Crippen LogP contribution < -0.4 is 0 Å². The Balaban J connectivity index is 1.68. The van der Waals surface area contributed by atoms with Crippen LogP contribution in [0.3, 0.4) is 0 Å². The molecule has 0 spiro atoms. The van der Waals surface area contributed by atoms with Crippen molar-refractivity contribution in [1.29, 1.82) is 0 Å². The Kier molecular flexibility index (Phi) is 3.62. The van der Waals surface area contributed by atoms with E-state index in [0.717, 1.165) is 18.6 Å². The summed E-state index contributed by atoms with van der Waals surface area (Å²) in [6.07, 6.45) is 1.89. The van der Waals surface area contributed by atoms with E-state index in [-0.39, 0.29) is 24.0 Å². The summed E-state index contributed by atoms with van der Waals surface area (Å²) in [6, 6.07) is 21.1. The van der Waals surface area contributed by atoms with Crippen molar-refractivity contribution in [2.45, 2.75) is 36.8 Å². The lowest BCUT2D eigenvalue weighted by Crippen LogP contribution is -2.33. The first kappa shape index (κ1) is 12.2. The van der Waals surface area contributed by atoms with E-state index in [1.807, 2.05) is 23.9 Å². The van der Waals surface area contributed by atoms with Crippen molar-refractivity contribution in [2.24, 2.45) is 11.8 Å². The van der Waals surface area contributed by atoms with E-state index in [1.54, 1.807) is 0 Å². The van der Waals surface area contributed by atoms with Crippen molar-refractivity contribution >= 4 is 11.8 Å². The van der Waals surface area contributed by atoms with Crippen LogP contribution in [0, 0.1) is 11.8 Å². The summed E-state index contributed by atoms with van der Waals surface area (Å²) in [5, 5.41) is 0.240. The summed E-state index contributed by atoms with van der Waals surface area (Å²) in [5.41, 5.74) is 2.54. The SMILES string of the molecule is [2H]C1CCC2CSC(c3ccccc3)C([2H])C2C1c1ccccc1. The van der Waals surface area contributed by atoms with Gasteiger partial charge < -0.3 is 0 Å². The van der Waals surface area contributed by atoms with Crippen LogP contribution in [-0.2, 0) is 0 Å². The summed E-state index contributed by atoms with van der Waals surface area (Å²) >= 11 is 1.96. The normalized spacial score (nSPS) is 39.5. The van der Waals surface area contributed by atoms with Gasteiger partial charge in [-0.3, -0.25) is 0 Å². The molecule has 0 amide bonds. The number of hydrogen-bond acceptors (Lipinski definition) is 1. The van der Waals surface area contributed by atoms with Gasteiger partial charge in [-0.2, -0.15) is 11.8 Å². The highest BCUT2D eigenvalue weighted by Gasteiger charge is 2.39. The van der Waals surface area contributed by atoms with E-state index in [0.29, 0.717) is 11.8 Å². The van der Waals surface area contributed by atoms with Crippen LogP contribution in [0.4, 0.5) is 0 Å². The third-order valence-electron chi connectivity index (χ3n) is 5.12. The number of thioether (sulfide) groups is 1. The van der Waals surface area contributed by atoms with Crippen LogP contribution in [0.5, 0.6) is 0 Å². The lowest BCUT2D eigenvalue weighted by Gasteiger charge is -2.44. The minimum Gasteiger partial charge on any atom is -0.153 e. The second kappa shape index (κ2) is 6.50. The second-order valence-electron chi connectivity index (χ2n) is 6.44.